The molecule has 3 aliphatic heterocycles. The van der Waals surface area contributed by atoms with E-state index < -0.39 is 46.3 Å². The molecule has 2 amide bonds. The van der Waals surface area contributed by atoms with Crippen molar-refractivity contribution in [2.45, 2.75) is 30.8 Å². The van der Waals surface area contributed by atoms with Gasteiger partial charge in [0.2, 0.25) is 11.8 Å². The zero-order valence-electron chi connectivity index (χ0n) is 15.6. The molecular weight excluding hydrogens is 402 g/mol. The lowest BCUT2D eigenvalue weighted by atomic mass is 9.78. The van der Waals surface area contributed by atoms with E-state index in [0.29, 0.717) is 17.8 Å². The zero-order valence-corrected chi connectivity index (χ0v) is 15.6. The molecule has 5 nitrogen and oxygen atoms in total. The molecule has 156 valence electrons. The minimum Gasteiger partial charge on any atom is -0.324 e. The second-order valence-corrected chi connectivity index (χ2v) is 7.88. The van der Waals surface area contributed by atoms with E-state index in [1.54, 1.807) is 24.3 Å². The van der Waals surface area contributed by atoms with Crippen LogP contribution in [0.1, 0.15) is 24.8 Å². The molecule has 5 rings (SSSR count). The van der Waals surface area contributed by atoms with Gasteiger partial charge >= 0.3 is 0 Å². The van der Waals surface area contributed by atoms with E-state index in [2.05, 4.69) is 5.32 Å². The average molecular weight is 419 g/mol. The maximum Gasteiger partial charge on any atom is 0.250 e. The van der Waals surface area contributed by atoms with Crippen LogP contribution < -0.4 is 10.6 Å². The van der Waals surface area contributed by atoms with Crippen molar-refractivity contribution in [3.05, 3.63) is 59.2 Å². The maximum absolute atomic E-state index is 14.1. The molecule has 0 saturated carbocycles. The first-order chi connectivity index (χ1) is 14.4. The number of nitrogens with one attached hydrogen (secondary N) is 2. The lowest BCUT2D eigenvalue weighted by Crippen LogP contribution is -2.53. The first-order valence-corrected chi connectivity index (χ1v) is 9.67. The van der Waals surface area contributed by atoms with Gasteiger partial charge in [-0.1, -0.05) is 18.2 Å². The second kappa shape index (κ2) is 6.53. The highest BCUT2D eigenvalue weighted by Gasteiger charge is 2.65. The number of benzene rings is 2. The van der Waals surface area contributed by atoms with Crippen molar-refractivity contribution in [3.63, 3.8) is 0 Å². The van der Waals surface area contributed by atoms with Crippen molar-refractivity contribution in [2.24, 2.45) is 5.92 Å². The Morgan fingerprint density at radius 2 is 1.83 bits per heavy atom. The van der Waals surface area contributed by atoms with Crippen molar-refractivity contribution >= 4 is 23.2 Å². The van der Waals surface area contributed by atoms with Crippen LogP contribution in [-0.2, 0) is 15.1 Å². The van der Waals surface area contributed by atoms with E-state index in [1.165, 1.54) is 0 Å². The van der Waals surface area contributed by atoms with E-state index in [4.69, 9.17) is 0 Å². The average Bonchev–Trinajstić information content (AvgIpc) is 3.38. The predicted molar refractivity (Wildman–Crippen MR) is 99.5 cm³/mol. The van der Waals surface area contributed by atoms with Gasteiger partial charge in [0, 0.05) is 23.4 Å². The number of para-hydroxylation sites is 1. The molecule has 0 radical (unpaired) electrons. The number of fused-ring (bicyclic) bond motifs is 4. The summed E-state index contributed by atoms with van der Waals surface area (Å²) in [6, 6.07) is 6.99. The molecule has 3 heterocycles. The summed E-state index contributed by atoms with van der Waals surface area (Å²) in [5, 5.41) is 4.82. The summed E-state index contributed by atoms with van der Waals surface area (Å²) in [5.74, 6) is -8.85. The van der Waals surface area contributed by atoms with Gasteiger partial charge in [0.1, 0.15) is 11.2 Å². The molecule has 2 saturated heterocycles. The third-order valence-electron chi connectivity index (χ3n) is 6.45. The maximum atomic E-state index is 14.1. The summed E-state index contributed by atoms with van der Waals surface area (Å²) >= 11 is 0. The molecule has 2 aromatic carbocycles. The summed E-state index contributed by atoms with van der Waals surface area (Å²) in [6.07, 6.45) is 1.92. The third kappa shape index (κ3) is 2.38. The van der Waals surface area contributed by atoms with Crippen molar-refractivity contribution in [1.82, 2.24) is 4.90 Å². The SMILES string of the molecule is O=C(Nc1c(F)c(F)cc(F)c1F)[C@H]1C[C@H]2CCCN2[C@@]12C(=O)Nc1ccccc12. The summed E-state index contributed by atoms with van der Waals surface area (Å²) in [7, 11) is 0. The summed E-state index contributed by atoms with van der Waals surface area (Å²) in [6.45, 7) is 0.591. The standard InChI is InChI=1S/C21H17F4N3O2/c22-13-9-14(23)17(25)18(16(13)24)27-19(29)12-8-10-4-3-7-28(10)21(12)11-5-1-2-6-15(11)26-20(21)30/h1-2,5-6,9-10,12H,3-4,7-8H2,(H,26,30)(H,27,29)/t10-,12-,21-/m1/s1. The van der Waals surface area contributed by atoms with E-state index in [0.717, 1.165) is 12.8 Å². The normalized spacial score (nSPS) is 27.3. The fourth-order valence-corrected chi connectivity index (χ4v) is 5.27. The van der Waals surface area contributed by atoms with Crippen LogP contribution in [0.5, 0.6) is 0 Å². The van der Waals surface area contributed by atoms with Gasteiger partial charge in [0.05, 0.1) is 5.92 Å². The molecule has 9 heteroatoms. The van der Waals surface area contributed by atoms with Gasteiger partial charge in [-0.2, -0.15) is 0 Å². The summed E-state index contributed by atoms with van der Waals surface area (Å²) < 4.78 is 55.4. The monoisotopic (exact) mass is 419 g/mol. The van der Waals surface area contributed by atoms with Crippen LogP contribution in [0.4, 0.5) is 28.9 Å². The minimum absolute atomic E-state index is 0.0587. The Hall–Kier alpha value is -2.94. The van der Waals surface area contributed by atoms with Crippen molar-refractivity contribution in [3.8, 4) is 0 Å². The van der Waals surface area contributed by atoms with E-state index >= 15 is 0 Å². The van der Waals surface area contributed by atoms with Crippen LogP contribution in [0.2, 0.25) is 0 Å². The van der Waals surface area contributed by atoms with Crippen LogP contribution in [0.25, 0.3) is 0 Å². The number of anilines is 2. The van der Waals surface area contributed by atoms with Gasteiger partial charge in [-0.25, -0.2) is 17.6 Å². The Balaban J connectivity index is 1.59. The highest BCUT2D eigenvalue weighted by Crippen LogP contribution is 2.55. The fourth-order valence-electron chi connectivity index (χ4n) is 5.27. The third-order valence-corrected chi connectivity index (χ3v) is 6.45. The molecule has 2 fully saturated rings. The Labute approximate surface area is 169 Å². The molecule has 3 aliphatic rings. The van der Waals surface area contributed by atoms with Gasteiger partial charge in [0.25, 0.3) is 0 Å². The molecule has 2 N–H and O–H groups in total. The fraction of sp³-hybridized carbons (Fsp3) is 0.333. The number of nitrogens with zero attached hydrogens (tertiary/aromatic N) is 1. The van der Waals surface area contributed by atoms with E-state index in [9.17, 15) is 27.2 Å². The largest absolute Gasteiger partial charge is 0.324 e. The van der Waals surface area contributed by atoms with Crippen LogP contribution in [-0.4, -0.2) is 29.3 Å². The molecule has 0 unspecified atom stereocenters. The number of carbonyl (C=O) groups excluding carboxylic acids is 2. The van der Waals surface area contributed by atoms with Gasteiger partial charge in [-0.15, -0.1) is 0 Å². The number of amides is 2. The Bertz CT molecular complexity index is 1070. The van der Waals surface area contributed by atoms with Crippen LogP contribution in [0, 0.1) is 29.2 Å². The van der Waals surface area contributed by atoms with Gasteiger partial charge in [0.15, 0.2) is 23.3 Å². The van der Waals surface area contributed by atoms with E-state index in [-0.39, 0.29) is 24.4 Å². The van der Waals surface area contributed by atoms with Crippen molar-refractivity contribution in [2.75, 3.05) is 17.2 Å². The summed E-state index contributed by atoms with van der Waals surface area (Å²) in [5.41, 5.74) is -1.33. The number of halogens is 4. The topological polar surface area (TPSA) is 61.4 Å². The molecule has 3 atom stereocenters. The molecule has 1 spiro atoms. The Morgan fingerprint density at radius 1 is 1.13 bits per heavy atom. The first kappa shape index (κ1) is 19.0. The zero-order chi connectivity index (χ0) is 21.2. The number of carbonyl (C=O) groups is 2. The minimum atomic E-state index is -1.69. The molecule has 0 bridgehead atoms. The molecular formula is C21H17F4N3O2. The molecule has 0 aliphatic carbocycles. The van der Waals surface area contributed by atoms with Gasteiger partial charge < -0.3 is 10.6 Å². The smallest absolute Gasteiger partial charge is 0.250 e. The van der Waals surface area contributed by atoms with Crippen molar-refractivity contribution < 1.29 is 27.2 Å². The Morgan fingerprint density at radius 3 is 2.57 bits per heavy atom. The number of rotatable bonds is 2. The highest BCUT2D eigenvalue weighted by molar-refractivity contribution is 6.10. The first-order valence-electron chi connectivity index (χ1n) is 9.67. The quantitative estimate of drug-likeness (QED) is 0.579. The lowest BCUT2D eigenvalue weighted by molar-refractivity contribution is -0.135. The molecule has 0 aromatic heterocycles. The predicted octanol–water partition coefficient (Wildman–Crippen LogP) is 3.51. The van der Waals surface area contributed by atoms with Crippen LogP contribution in [0.15, 0.2) is 30.3 Å². The number of hydrogen-bond donors (Lipinski definition) is 2. The second-order valence-electron chi connectivity index (χ2n) is 7.88. The van der Waals surface area contributed by atoms with Crippen molar-refractivity contribution in [1.29, 1.82) is 0 Å². The van der Waals surface area contributed by atoms with Gasteiger partial charge in [-0.05, 0) is 31.9 Å². The highest BCUT2D eigenvalue weighted by atomic mass is 19.2. The van der Waals surface area contributed by atoms with Crippen LogP contribution in [0.3, 0.4) is 0 Å². The van der Waals surface area contributed by atoms with Crippen LogP contribution >= 0.6 is 0 Å². The summed E-state index contributed by atoms with van der Waals surface area (Å²) in [4.78, 5) is 28.4. The molecule has 30 heavy (non-hydrogen) atoms. The van der Waals surface area contributed by atoms with Gasteiger partial charge in [-0.3, -0.25) is 14.5 Å². The number of hydrogen-bond acceptors (Lipinski definition) is 3. The lowest BCUT2D eigenvalue weighted by Gasteiger charge is -2.36. The molecule has 2 aromatic rings. The van der Waals surface area contributed by atoms with E-state index in [1.807, 2.05) is 10.2 Å². The Kier molecular flexibility index (Phi) is 4.15.